The third-order valence-corrected chi connectivity index (χ3v) is 5.35. The summed E-state index contributed by atoms with van der Waals surface area (Å²) in [7, 11) is 2.05. The molecule has 0 spiro atoms. The minimum atomic E-state index is 0.0826. The molecule has 4 rings (SSSR count). The Hall–Kier alpha value is -1.79. The lowest BCUT2D eigenvalue weighted by molar-refractivity contribution is 0.119. The number of rotatable bonds is 3. The van der Waals surface area contributed by atoms with E-state index in [2.05, 4.69) is 14.8 Å². The molecule has 0 unspecified atom stereocenters. The molecule has 2 saturated heterocycles. The van der Waals surface area contributed by atoms with E-state index < -0.39 is 0 Å². The van der Waals surface area contributed by atoms with Gasteiger partial charge in [0.2, 0.25) is 0 Å². The number of carbonyl (C=O) groups is 1. The summed E-state index contributed by atoms with van der Waals surface area (Å²) in [5.74, 6) is 1.04. The summed E-state index contributed by atoms with van der Waals surface area (Å²) in [6, 6.07) is 6.22. The Kier molecular flexibility index (Phi) is 4.10. The van der Waals surface area contributed by atoms with Crippen molar-refractivity contribution in [3.63, 3.8) is 0 Å². The fourth-order valence-corrected chi connectivity index (χ4v) is 3.99. The number of halogens is 1. The molecule has 2 fully saturated rings. The highest BCUT2D eigenvalue weighted by atomic mass is 35.5. The number of nitrogens with one attached hydrogen (secondary N) is 1. The first-order chi connectivity index (χ1) is 11.6. The van der Waals surface area contributed by atoms with Crippen molar-refractivity contribution in [2.45, 2.75) is 25.4 Å². The van der Waals surface area contributed by atoms with Crippen molar-refractivity contribution in [1.82, 2.24) is 24.7 Å². The number of hydrogen-bond acceptors (Lipinski definition) is 3. The number of hydrogen-bond donors (Lipinski definition) is 1. The molecule has 1 N–H and O–H groups in total. The van der Waals surface area contributed by atoms with Crippen LogP contribution in [0.15, 0.2) is 18.2 Å². The number of aromatic nitrogens is 2. The van der Waals surface area contributed by atoms with Gasteiger partial charge in [0.1, 0.15) is 5.82 Å². The first-order valence-electron chi connectivity index (χ1n) is 8.49. The number of amides is 2. The molecule has 0 radical (unpaired) electrons. The highest BCUT2D eigenvalue weighted by Crippen LogP contribution is 2.23. The molecule has 24 heavy (non-hydrogen) atoms. The molecule has 2 aliphatic rings. The predicted octanol–water partition coefficient (Wildman–Crippen LogP) is 2.22. The maximum atomic E-state index is 11.9. The highest BCUT2D eigenvalue weighted by Gasteiger charge is 2.31. The van der Waals surface area contributed by atoms with E-state index in [0.29, 0.717) is 11.1 Å². The number of aryl methyl sites for hydroxylation is 1. The van der Waals surface area contributed by atoms with Gasteiger partial charge in [0.15, 0.2) is 0 Å². The lowest BCUT2D eigenvalue weighted by atomic mass is 10.0. The summed E-state index contributed by atoms with van der Waals surface area (Å²) in [6.45, 7) is 4.35. The number of piperidine rings is 1. The van der Waals surface area contributed by atoms with E-state index >= 15 is 0 Å². The SMILES string of the molecule is Cn1c(CN2CCC[C@@H](N3CCNC3=O)C2)nc2cc(Cl)ccc21. The normalized spacial score (nSPS) is 22.3. The summed E-state index contributed by atoms with van der Waals surface area (Å²) in [4.78, 5) is 21.1. The summed E-state index contributed by atoms with van der Waals surface area (Å²) in [6.07, 6.45) is 2.20. The molecule has 6 nitrogen and oxygen atoms in total. The van der Waals surface area contributed by atoms with Crippen LogP contribution in [0.25, 0.3) is 11.0 Å². The van der Waals surface area contributed by atoms with Gasteiger partial charge >= 0.3 is 6.03 Å². The maximum absolute atomic E-state index is 11.9. The predicted molar refractivity (Wildman–Crippen MR) is 94.1 cm³/mol. The van der Waals surface area contributed by atoms with E-state index in [0.717, 1.165) is 62.4 Å². The van der Waals surface area contributed by atoms with Crippen LogP contribution in [-0.2, 0) is 13.6 Å². The van der Waals surface area contributed by atoms with Gasteiger partial charge in [0, 0.05) is 37.7 Å². The molecule has 7 heteroatoms. The van der Waals surface area contributed by atoms with Crippen LogP contribution >= 0.6 is 11.6 Å². The second-order valence-electron chi connectivity index (χ2n) is 6.68. The Bertz CT molecular complexity index is 774. The first-order valence-corrected chi connectivity index (χ1v) is 8.87. The lowest BCUT2D eigenvalue weighted by Gasteiger charge is -2.36. The zero-order chi connectivity index (χ0) is 16.7. The fraction of sp³-hybridized carbons (Fsp3) is 0.529. The maximum Gasteiger partial charge on any atom is 0.317 e. The Balaban J connectivity index is 1.50. The average Bonchev–Trinajstić information content (AvgIpc) is 3.12. The Labute approximate surface area is 146 Å². The number of nitrogens with zero attached hydrogens (tertiary/aromatic N) is 4. The Morgan fingerprint density at radius 2 is 2.25 bits per heavy atom. The molecule has 0 saturated carbocycles. The molecule has 1 aromatic heterocycles. The van der Waals surface area contributed by atoms with Crippen molar-refractivity contribution in [2.24, 2.45) is 7.05 Å². The molecule has 0 bridgehead atoms. The second-order valence-corrected chi connectivity index (χ2v) is 7.11. The van der Waals surface area contributed by atoms with Gasteiger partial charge in [0.05, 0.1) is 17.6 Å². The number of fused-ring (bicyclic) bond motifs is 1. The molecule has 2 aromatic rings. The van der Waals surface area contributed by atoms with Gasteiger partial charge < -0.3 is 14.8 Å². The molecular formula is C17H22ClN5O. The zero-order valence-corrected chi connectivity index (χ0v) is 14.6. The highest BCUT2D eigenvalue weighted by molar-refractivity contribution is 6.31. The van der Waals surface area contributed by atoms with E-state index in [9.17, 15) is 4.79 Å². The molecule has 3 heterocycles. The molecule has 0 aliphatic carbocycles. The monoisotopic (exact) mass is 347 g/mol. The van der Waals surface area contributed by atoms with Gasteiger partial charge in [-0.25, -0.2) is 9.78 Å². The minimum absolute atomic E-state index is 0.0826. The third-order valence-electron chi connectivity index (χ3n) is 5.11. The van der Waals surface area contributed by atoms with Gasteiger partial charge in [-0.1, -0.05) is 11.6 Å². The number of urea groups is 1. The van der Waals surface area contributed by atoms with Gasteiger partial charge in [0.25, 0.3) is 0 Å². The molecule has 1 atom stereocenters. The number of benzene rings is 1. The van der Waals surface area contributed by atoms with Crippen molar-refractivity contribution < 1.29 is 4.79 Å². The molecule has 2 amide bonds. The average molecular weight is 348 g/mol. The summed E-state index contributed by atoms with van der Waals surface area (Å²) in [5, 5.41) is 3.62. The minimum Gasteiger partial charge on any atom is -0.336 e. The van der Waals surface area contributed by atoms with Crippen molar-refractivity contribution >= 4 is 28.7 Å². The van der Waals surface area contributed by atoms with Crippen LogP contribution in [0.4, 0.5) is 4.79 Å². The summed E-state index contributed by atoms with van der Waals surface area (Å²) in [5.41, 5.74) is 2.04. The largest absolute Gasteiger partial charge is 0.336 e. The van der Waals surface area contributed by atoms with Crippen LogP contribution in [0, 0.1) is 0 Å². The standard InChI is InChI=1S/C17H22ClN5O/c1-21-15-5-4-12(18)9-14(15)20-16(21)11-22-7-2-3-13(10-22)23-8-6-19-17(23)24/h4-5,9,13H,2-3,6-8,10-11H2,1H3,(H,19,24)/t13-/m1/s1. The molecule has 128 valence electrons. The van der Waals surface area contributed by atoms with Crippen molar-refractivity contribution in [3.05, 3.63) is 29.0 Å². The molecular weight excluding hydrogens is 326 g/mol. The summed E-state index contributed by atoms with van der Waals surface area (Å²) < 4.78 is 2.14. The van der Waals surface area contributed by atoms with E-state index in [1.54, 1.807) is 0 Å². The van der Waals surface area contributed by atoms with E-state index in [4.69, 9.17) is 16.6 Å². The Morgan fingerprint density at radius 3 is 3.04 bits per heavy atom. The molecule has 1 aromatic carbocycles. The van der Waals surface area contributed by atoms with Crippen LogP contribution in [0.1, 0.15) is 18.7 Å². The second kappa shape index (κ2) is 6.26. The van der Waals surface area contributed by atoms with Gasteiger partial charge in [-0.2, -0.15) is 0 Å². The van der Waals surface area contributed by atoms with Gasteiger partial charge in [-0.05, 0) is 37.6 Å². The lowest BCUT2D eigenvalue weighted by Crippen LogP contribution is -2.48. The number of likely N-dealkylation sites (tertiary alicyclic amines) is 1. The third kappa shape index (κ3) is 2.84. The summed E-state index contributed by atoms with van der Waals surface area (Å²) >= 11 is 6.07. The van der Waals surface area contributed by atoms with Gasteiger partial charge in [-0.15, -0.1) is 0 Å². The zero-order valence-electron chi connectivity index (χ0n) is 13.8. The first kappa shape index (κ1) is 15.7. The number of carbonyl (C=O) groups excluding carboxylic acids is 1. The van der Waals surface area contributed by atoms with E-state index in [-0.39, 0.29) is 6.03 Å². The fourth-order valence-electron chi connectivity index (χ4n) is 3.83. The van der Waals surface area contributed by atoms with Gasteiger partial charge in [-0.3, -0.25) is 4.90 Å². The van der Waals surface area contributed by atoms with Crippen molar-refractivity contribution in [1.29, 1.82) is 0 Å². The smallest absolute Gasteiger partial charge is 0.317 e. The quantitative estimate of drug-likeness (QED) is 0.926. The van der Waals surface area contributed by atoms with Crippen LogP contribution in [0.5, 0.6) is 0 Å². The van der Waals surface area contributed by atoms with Crippen molar-refractivity contribution in [3.8, 4) is 0 Å². The Morgan fingerprint density at radius 1 is 1.38 bits per heavy atom. The van der Waals surface area contributed by atoms with Crippen LogP contribution in [0.2, 0.25) is 5.02 Å². The van der Waals surface area contributed by atoms with E-state index in [1.807, 2.05) is 30.1 Å². The molecule has 2 aliphatic heterocycles. The van der Waals surface area contributed by atoms with Crippen LogP contribution in [0.3, 0.4) is 0 Å². The number of imidazole rings is 1. The van der Waals surface area contributed by atoms with E-state index in [1.165, 1.54) is 0 Å². The van der Waals surface area contributed by atoms with Crippen LogP contribution in [-0.4, -0.2) is 57.6 Å². The van der Waals surface area contributed by atoms with Crippen LogP contribution < -0.4 is 5.32 Å². The topological polar surface area (TPSA) is 53.4 Å². The van der Waals surface area contributed by atoms with Crippen molar-refractivity contribution in [2.75, 3.05) is 26.2 Å².